The molecule has 0 saturated heterocycles. The van der Waals surface area contributed by atoms with Gasteiger partial charge in [-0.15, -0.1) is 0 Å². The van der Waals surface area contributed by atoms with Gasteiger partial charge in [0, 0.05) is 17.1 Å². The summed E-state index contributed by atoms with van der Waals surface area (Å²) in [6.07, 6.45) is 0. The fourth-order valence-corrected chi connectivity index (χ4v) is 2.62. The molecular formula is C18H16N2O2. The van der Waals surface area contributed by atoms with Gasteiger partial charge in [-0.2, -0.15) is 0 Å². The first-order valence-electron chi connectivity index (χ1n) is 7.24. The predicted octanol–water partition coefficient (Wildman–Crippen LogP) is 4.32. The molecule has 1 aliphatic heterocycles. The quantitative estimate of drug-likeness (QED) is 0.763. The third-order valence-corrected chi connectivity index (χ3v) is 3.80. The maximum Gasteiger partial charge on any atom is 0.231 e. The van der Waals surface area contributed by atoms with Gasteiger partial charge in [0.2, 0.25) is 6.79 Å². The molecule has 0 aliphatic carbocycles. The summed E-state index contributed by atoms with van der Waals surface area (Å²) in [4.78, 5) is 4.74. The lowest BCUT2D eigenvalue weighted by Gasteiger charge is -2.11. The van der Waals surface area contributed by atoms with Crippen molar-refractivity contribution in [2.75, 3.05) is 12.1 Å². The summed E-state index contributed by atoms with van der Waals surface area (Å²) in [5.41, 5.74) is 4.24. The molecule has 1 N–H and O–H groups in total. The lowest BCUT2D eigenvalue weighted by Crippen LogP contribution is -1.97. The Balaban J connectivity index is 1.73. The number of aromatic nitrogens is 1. The first-order valence-corrected chi connectivity index (χ1v) is 7.24. The van der Waals surface area contributed by atoms with Gasteiger partial charge >= 0.3 is 0 Å². The highest BCUT2D eigenvalue weighted by molar-refractivity contribution is 5.83. The van der Waals surface area contributed by atoms with Gasteiger partial charge in [0.1, 0.15) is 5.82 Å². The van der Waals surface area contributed by atoms with E-state index in [-0.39, 0.29) is 6.79 Å². The standard InChI is InChI=1S/C18H16N2O2/c1-11-3-4-13-8-12(2)18(20-15(13)7-11)19-14-5-6-16-17(9-14)22-10-21-16/h3-9H,10H2,1-2H3,(H,19,20). The van der Waals surface area contributed by atoms with Gasteiger partial charge in [0.25, 0.3) is 0 Å². The molecule has 1 aliphatic rings. The van der Waals surface area contributed by atoms with Crippen LogP contribution in [0, 0.1) is 13.8 Å². The smallest absolute Gasteiger partial charge is 0.231 e. The third-order valence-electron chi connectivity index (χ3n) is 3.80. The Labute approximate surface area is 128 Å². The first kappa shape index (κ1) is 13.0. The Morgan fingerprint density at radius 1 is 0.955 bits per heavy atom. The summed E-state index contributed by atoms with van der Waals surface area (Å²) >= 11 is 0. The number of benzene rings is 2. The highest BCUT2D eigenvalue weighted by Crippen LogP contribution is 2.35. The topological polar surface area (TPSA) is 43.4 Å². The van der Waals surface area contributed by atoms with E-state index in [1.165, 1.54) is 5.56 Å². The van der Waals surface area contributed by atoms with Gasteiger partial charge < -0.3 is 14.8 Å². The van der Waals surface area contributed by atoms with Crippen molar-refractivity contribution in [3.63, 3.8) is 0 Å². The Bertz CT molecular complexity index is 874. The van der Waals surface area contributed by atoms with Crippen LogP contribution in [-0.4, -0.2) is 11.8 Å². The van der Waals surface area contributed by atoms with E-state index < -0.39 is 0 Å². The number of anilines is 2. The highest BCUT2D eigenvalue weighted by atomic mass is 16.7. The van der Waals surface area contributed by atoms with E-state index in [1.54, 1.807) is 0 Å². The van der Waals surface area contributed by atoms with E-state index >= 15 is 0 Å². The molecule has 2 heterocycles. The molecule has 3 aromatic rings. The largest absolute Gasteiger partial charge is 0.454 e. The van der Waals surface area contributed by atoms with Crippen molar-refractivity contribution in [1.82, 2.24) is 4.98 Å². The molecule has 0 radical (unpaired) electrons. The van der Waals surface area contributed by atoms with Crippen molar-refractivity contribution in [3.05, 3.63) is 53.6 Å². The summed E-state index contributed by atoms with van der Waals surface area (Å²) in [6, 6.07) is 14.3. The number of ether oxygens (including phenoxy) is 2. The number of rotatable bonds is 2. The van der Waals surface area contributed by atoms with Gasteiger partial charge in [-0.05, 0) is 49.2 Å². The summed E-state index contributed by atoms with van der Waals surface area (Å²) in [5, 5.41) is 4.52. The van der Waals surface area contributed by atoms with Crippen molar-refractivity contribution < 1.29 is 9.47 Å². The summed E-state index contributed by atoms with van der Waals surface area (Å²) in [5.74, 6) is 2.40. The molecule has 110 valence electrons. The summed E-state index contributed by atoms with van der Waals surface area (Å²) in [6.45, 7) is 4.42. The molecule has 0 fully saturated rings. The van der Waals surface area contributed by atoms with Gasteiger partial charge in [-0.25, -0.2) is 4.98 Å². The minimum Gasteiger partial charge on any atom is -0.454 e. The molecule has 0 amide bonds. The second-order valence-corrected chi connectivity index (χ2v) is 5.54. The van der Waals surface area contributed by atoms with Crippen molar-refractivity contribution in [3.8, 4) is 11.5 Å². The normalized spacial score (nSPS) is 12.6. The van der Waals surface area contributed by atoms with Crippen LogP contribution in [0.4, 0.5) is 11.5 Å². The van der Waals surface area contributed by atoms with Crippen molar-refractivity contribution in [1.29, 1.82) is 0 Å². The number of hydrogen-bond donors (Lipinski definition) is 1. The average Bonchev–Trinajstić information content (AvgIpc) is 2.96. The lowest BCUT2D eigenvalue weighted by atomic mass is 10.1. The fraction of sp³-hybridized carbons (Fsp3) is 0.167. The Hall–Kier alpha value is -2.75. The predicted molar refractivity (Wildman–Crippen MR) is 87.1 cm³/mol. The SMILES string of the molecule is Cc1ccc2cc(C)c(Nc3ccc4c(c3)OCO4)nc2c1. The second kappa shape index (κ2) is 4.91. The molecule has 22 heavy (non-hydrogen) atoms. The van der Waals surface area contributed by atoms with E-state index in [1.807, 2.05) is 18.2 Å². The Morgan fingerprint density at radius 2 is 1.82 bits per heavy atom. The van der Waals surface area contributed by atoms with Gasteiger partial charge in [-0.1, -0.05) is 12.1 Å². The maximum atomic E-state index is 5.41. The zero-order valence-electron chi connectivity index (χ0n) is 12.5. The Kier molecular flexibility index (Phi) is 2.89. The Morgan fingerprint density at radius 3 is 2.73 bits per heavy atom. The van der Waals surface area contributed by atoms with Crippen molar-refractivity contribution in [2.45, 2.75) is 13.8 Å². The van der Waals surface area contributed by atoms with E-state index in [9.17, 15) is 0 Å². The van der Waals surface area contributed by atoms with Crippen LogP contribution >= 0.6 is 0 Å². The maximum absolute atomic E-state index is 5.41. The molecule has 2 aromatic carbocycles. The van der Waals surface area contributed by atoms with E-state index in [0.717, 1.165) is 39.5 Å². The van der Waals surface area contributed by atoms with Crippen LogP contribution in [0.25, 0.3) is 10.9 Å². The van der Waals surface area contributed by atoms with Gasteiger partial charge in [0.05, 0.1) is 5.52 Å². The molecular weight excluding hydrogens is 276 g/mol. The number of hydrogen-bond acceptors (Lipinski definition) is 4. The van der Waals surface area contributed by atoms with Gasteiger partial charge in [-0.3, -0.25) is 0 Å². The lowest BCUT2D eigenvalue weighted by molar-refractivity contribution is 0.174. The van der Waals surface area contributed by atoms with Crippen molar-refractivity contribution >= 4 is 22.4 Å². The van der Waals surface area contributed by atoms with Crippen LogP contribution in [0.2, 0.25) is 0 Å². The summed E-state index contributed by atoms with van der Waals surface area (Å²) < 4.78 is 10.7. The van der Waals surface area contributed by atoms with Crippen LogP contribution in [0.3, 0.4) is 0 Å². The molecule has 0 bridgehead atoms. The van der Waals surface area contributed by atoms with Crippen LogP contribution < -0.4 is 14.8 Å². The van der Waals surface area contributed by atoms with Crippen LogP contribution in [0.15, 0.2) is 42.5 Å². The minimum absolute atomic E-state index is 0.283. The molecule has 0 spiro atoms. The van der Waals surface area contributed by atoms with E-state index in [4.69, 9.17) is 14.5 Å². The van der Waals surface area contributed by atoms with Gasteiger partial charge in [0.15, 0.2) is 11.5 Å². The van der Waals surface area contributed by atoms with E-state index in [2.05, 4.69) is 43.4 Å². The number of pyridine rings is 1. The molecule has 0 unspecified atom stereocenters. The molecule has 4 rings (SSSR count). The monoisotopic (exact) mass is 292 g/mol. The average molecular weight is 292 g/mol. The molecule has 0 atom stereocenters. The fourth-order valence-electron chi connectivity index (χ4n) is 2.62. The van der Waals surface area contributed by atoms with Crippen LogP contribution in [0.5, 0.6) is 11.5 Å². The molecule has 4 nitrogen and oxygen atoms in total. The summed E-state index contributed by atoms with van der Waals surface area (Å²) in [7, 11) is 0. The number of nitrogens with zero attached hydrogens (tertiary/aromatic N) is 1. The molecule has 4 heteroatoms. The number of fused-ring (bicyclic) bond motifs is 2. The highest BCUT2D eigenvalue weighted by Gasteiger charge is 2.14. The molecule has 0 saturated carbocycles. The molecule has 1 aromatic heterocycles. The van der Waals surface area contributed by atoms with Crippen LogP contribution in [-0.2, 0) is 0 Å². The number of aryl methyl sites for hydroxylation is 2. The number of nitrogens with one attached hydrogen (secondary N) is 1. The van der Waals surface area contributed by atoms with Crippen molar-refractivity contribution in [2.24, 2.45) is 0 Å². The first-order chi connectivity index (χ1) is 10.7. The van der Waals surface area contributed by atoms with Crippen LogP contribution in [0.1, 0.15) is 11.1 Å². The zero-order chi connectivity index (χ0) is 15.1. The second-order valence-electron chi connectivity index (χ2n) is 5.54. The minimum atomic E-state index is 0.283. The third kappa shape index (κ3) is 2.22. The van der Waals surface area contributed by atoms with E-state index in [0.29, 0.717) is 0 Å². The zero-order valence-corrected chi connectivity index (χ0v) is 12.5.